The number of anilines is 1. The fraction of sp³-hybridized carbons (Fsp3) is 0.318. The van der Waals surface area contributed by atoms with E-state index in [1.165, 1.54) is 6.42 Å². The highest BCUT2D eigenvalue weighted by Gasteiger charge is 2.13. The Hall–Kier alpha value is -2.99. The van der Waals surface area contributed by atoms with E-state index in [1.807, 2.05) is 49.4 Å². The van der Waals surface area contributed by atoms with E-state index in [1.54, 1.807) is 12.1 Å². The number of amides is 2. The smallest absolute Gasteiger partial charge is 0.255 e. The topological polar surface area (TPSA) is 73.8 Å². The van der Waals surface area contributed by atoms with Gasteiger partial charge in [-0.25, -0.2) is 5.43 Å². The Labute approximate surface area is 165 Å². The Morgan fingerprint density at radius 3 is 2.43 bits per heavy atom. The molecule has 2 N–H and O–H groups in total. The highest BCUT2D eigenvalue weighted by molar-refractivity contribution is 6.05. The summed E-state index contributed by atoms with van der Waals surface area (Å²) < 4.78 is 0. The second kappa shape index (κ2) is 9.80. The van der Waals surface area contributed by atoms with Gasteiger partial charge in [-0.3, -0.25) is 14.5 Å². The summed E-state index contributed by atoms with van der Waals surface area (Å²) in [6.07, 6.45) is 3.54. The van der Waals surface area contributed by atoms with Crippen molar-refractivity contribution in [1.29, 1.82) is 0 Å². The highest BCUT2D eigenvalue weighted by Crippen LogP contribution is 2.13. The van der Waals surface area contributed by atoms with Crippen LogP contribution in [0.15, 0.2) is 59.7 Å². The van der Waals surface area contributed by atoms with Gasteiger partial charge in [0.25, 0.3) is 11.8 Å². The minimum absolute atomic E-state index is 0.102. The number of benzene rings is 2. The summed E-state index contributed by atoms with van der Waals surface area (Å²) in [5, 5.41) is 7.10. The molecule has 0 bridgehead atoms. The van der Waals surface area contributed by atoms with Crippen LogP contribution in [0.1, 0.15) is 42.1 Å². The molecule has 6 nitrogen and oxygen atoms in total. The van der Waals surface area contributed by atoms with Crippen molar-refractivity contribution in [3.8, 4) is 0 Å². The van der Waals surface area contributed by atoms with Crippen molar-refractivity contribution in [3.63, 3.8) is 0 Å². The standard InChI is InChI=1S/C22H26N4O2/c1-17(24-25-21(27)16-26-13-6-3-7-14-26)19-11-8-12-20(15-19)23-22(28)18-9-4-2-5-10-18/h2,4-5,8-12,15H,3,6-7,13-14,16H2,1H3,(H,23,28)(H,25,27)/b24-17-. The summed E-state index contributed by atoms with van der Waals surface area (Å²) in [6.45, 7) is 4.15. The molecule has 146 valence electrons. The number of nitrogens with one attached hydrogen (secondary N) is 2. The number of likely N-dealkylation sites (tertiary alicyclic amines) is 1. The number of hydrogen-bond acceptors (Lipinski definition) is 4. The third-order valence-electron chi connectivity index (χ3n) is 4.74. The van der Waals surface area contributed by atoms with Crippen molar-refractivity contribution < 1.29 is 9.59 Å². The van der Waals surface area contributed by atoms with Gasteiger partial charge in [0.05, 0.1) is 12.3 Å². The van der Waals surface area contributed by atoms with Crippen molar-refractivity contribution in [2.75, 3.05) is 25.0 Å². The zero-order valence-corrected chi connectivity index (χ0v) is 16.1. The van der Waals surface area contributed by atoms with Crippen LogP contribution in [0.25, 0.3) is 0 Å². The minimum atomic E-state index is -0.165. The minimum Gasteiger partial charge on any atom is -0.322 e. The van der Waals surface area contributed by atoms with Crippen LogP contribution in [0.3, 0.4) is 0 Å². The molecule has 1 heterocycles. The molecule has 6 heteroatoms. The van der Waals surface area contributed by atoms with Gasteiger partial charge in [-0.2, -0.15) is 5.10 Å². The fourth-order valence-electron chi connectivity index (χ4n) is 3.18. The maximum Gasteiger partial charge on any atom is 0.255 e. The van der Waals surface area contributed by atoms with E-state index in [9.17, 15) is 9.59 Å². The van der Waals surface area contributed by atoms with E-state index < -0.39 is 0 Å². The van der Waals surface area contributed by atoms with Crippen molar-refractivity contribution in [1.82, 2.24) is 10.3 Å². The van der Waals surface area contributed by atoms with E-state index in [2.05, 4.69) is 20.7 Å². The lowest BCUT2D eigenvalue weighted by molar-refractivity contribution is -0.122. The lowest BCUT2D eigenvalue weighted by atomic mass is 10.1. The number of rotatable bonds is 6. The monoisotopic (exact) mass is 378 g/mol. The third kappa shape index (κ3) is 5.76. The molecule has 28 heavy (non-hydrogen) atoms. The van der Waals surface area contributed by atoms with E-state index in [0.717, 1.165) is 31.5 Å². The number of hydrogen-bond donors (Lipinski definition) is 2. The lowest BCUT2D eigenvalue weighted by Gasteiger charge is -2.25. The molecule has 0 spiro atoms. The molecule has 0 saturated carbocycles. The number of nitrogens with zero attached hydrogens (tertiary/aromatic N) is 2. The molecule has 2 amide bonds. The molecule has 0 radical (unpaired) electrons. The first kappa shape index (κ1) is 19.8. The summed E-state index contributed by atoms with van der Waals surface area (Å²) >= 11 is 0. The molecule has 2 aromatic carbocycles. The number of carbonyl (C=O) groups excluding carboxylic acids is 2. The van der Waals surface area contributed by atoms with E-state index in [4.69, 9.17) is 0 Å². The highest BCUT2D eigenvalue weighted by atomic mass is 16.2. The third-order valence-corrected chi connectivity index (χ3v) is 4.74. The van der Waals surface area contributed by atoms with Crippen LogP contribution in [0.5, 0.6) is 0 Å². The Morgan fingerprint density at radius 2 is 1.68 bits per heavy atom. The molecule has 0 aromatic heterocycles. The Kier molecular flexibility index (Phi) is 6.92. The van der Waals surface area contributed by atoms with Crippen LogP contribution in [0.4, 0.5) is 5.69 Å². The van der Waals surface area contributed by atoms with Crippen LogP contribution in [-0.2, 0) is 4.79 Å². The molecule has 1 aliphatic heterocycles. The van der Waals surface area contributed by atoms with Crippen molar-refractivity contribution in [3.05, 3.63) is 65.7 Å². The van der Waals surface area contributed by atoms with Crippen LogP contribution < -0.4 is 10.7 Å². The van der Waals surface area contributed by atoms with Crippen molar-refractivity contribution in [2.24, 2.45) is 5.10 Å². The first-order valence-electron chi connectivity index (χ1n) is 9.64. The average molecular weight is 378 g/mol. The fourth-order valence-corrected chi connectivity index (χ4v) is 3.18. The van der Waals surface area contributed by atoms with E-state index in [0.29, 0.717) is 23.5 Å². The molecule has 0 atom stereocenters. The van der Waals surface area contributed by atoms with Crippen molar-refractivity contribution in [2.45, 2.75) is 26.2 Å². The zero-order valence-electron chi connectivity index (χ0n) is 16.1. The van der Waals surface area contributed by atoms with E-state index >= 15 is 0 Å². The molecular formula is C22H26N4O2. The van der Waals surface area contributed by atoms with Gasteiger partial charge in [0.1, 0.15) is 0 Å². The Bertz CT molecular complexity index is 843. The summed E-state index contributed by atoms with van der Waals surface area (Å²) in [7, 11) is 0. The van der Waals surface area contributed by atoms with Crippen LogP contribution in [0.2, 0.25) is 0 Å². The van der Waals surface area contributed by atoms with Crippen molar-refractivity contribution >= 4 is 23.2 Å². The van der Waals surface area contributed by atoms with Gasteiger partial charge in [0, 0.05) is 11.3 Å². The Morgan fingerprint density at radius 1 is 0.964 bits per heavy atom. The van der Waals surface area contributed by atoms with Gasteiger partial charge in [0.2, 0.25) is 0 Å². The largest absolute Gasteiger partial charge is 0.322 e. The summed E-state index contributed by atoms with van der Waals surface area (Å²) in [4.78, 5) is 26.6. The maximum atomic E-state index is 12.3. The molecule has 1 fully saturated rings. The first-order valence-corrected chi connectivity index (χ1v) is 9.64. The summed E-state index contributed by atoms with van der Waals surface area (Å²) in [5.74, 6) is -0.267. The summed E-state index contributed by atoms with van der Waals surface area (Å²) in [6, 6.07) is 16.5. The molecule has 1 aliphatic rings. The molecular weight excluding hydrogens is 352 g/mol. The van der Waals surface area contributed by atoms with Crippen LogP contribution in [0, 0.1) is 0 Å². The Balaban J connectivity index is 1.58. The predicted octanol–water partition coefficient (Wildman–Crippen LogP) is 3.27. The second-order valence-corrected chi connectivity index (χ2v) is 6.97. The quantitative estimate of drug-likeness (QED) is 0.598. The predicted molar refractivity (Wildman–Crippen MR) is 111 cm³/mol. The molecule has 2 aromatic rings. The molecule has 0 unspecified atom stereocenters. The molecule has 0 aliphatic carbocycles. The number of hydrazone groups is 1. The maximum absolute atomic E-state index is 12.3. The zero-order chi connectivity index (χ0) is 19.8. The van der Waals surface area contributed by atoms with Gasteiger partial charge >= 0.3 is 0 Å². The van der Waals surface area contributed by atoms with Crippen LogP contribution >= 0.6 is 0 Å². The number of piperidine rings is 1. The first-order chi connectivity index (χ1) is 13.6. The van der Waals surface area contributed by atoms with Gasteiger partial charge < -0.3 is 5.32 Å². The van der Waals surface area contributed by atoms with Gasteiger partial charge in [-0.05, 0) is 62.7 Å². The normalized spacial score (nSPS) is 15.1. The molecule has 1 saturated heterocycles. The second-order valence-electron chi connectivity index (χ2n) is 6.97. The number of carbonyl (C=O) groups is 2. The average Bonchev–Trinajstić information content (AvgIpc) is 2.73. The van der Waals surface area contributed by atoms with Gasteiger partial charge in [-0.1, -0.05) is 36.8 Å². The lowest BCUT2D eigenvalue weighted by Crippen LogP contribution is -2.38. The van der Waals surface area contributed by atoms with E-state index in [-0.39, 0.29) is 11.8 Å². The van der Waals surface area contributed by atoms with Crippen LogP contribution in [-0.4, -0.2) is 42.1 Å². The molecule has 3 rings (SSSR count). The van der Waals surface area contributed by atoms with Gasteiger partial charge in [-0.15, -0.1) is 0 Å². The SMILES string of the molecule is C/C(=N/NC(=O)CN1CCCCC1)c1cccc(NC(=O)c2ccccc2)c1. The summed E-state index contributed by atoms with van der Waals surface area (Å²) in [5.41, 5.74) is 5.44. The van der Waals surface area contributed by atoms with Gasteiger partial charge in [0.15, 0.2) is 0 Å².